The van der Waals surface area contributed by atoms with E-state index in [0.717, 1.165) is 54.1 Å². The molecule has 0 spiro atoms. The fourth-order valence-corrected chi connectivity index (χ4v) is 4.33. The van der Waals surface area contributed by atoms with Crippen LogP contribution in [0.15, 0.2) is 60.9 Å². The first-order valence-corrected chi connectivity index (χ1v) is 10.6. The van der Waals surface area contributed by atoms with Gasteiger partial charge in [0.25, 0.3) is 0 Å². The van der Waals surface area contributed by atoms with Gasteiger partial charge in [-0.25, -0.2) is 13.9 Å². The third kappa shape index (κ3) is 3.94. The van der Waals surface area contributed by atoms with Crippen molar-refractivity contribution < 1.29 is 9.13 Å². The maximum absolute atomic E-state index is 13.6. The van der Waals surface area contributed by atoms with E-state index in [-0.39, 0.29) is 11.9 Å². The van der Waals surface area contributed by atoms with E-state index in [2.05, 4.69) is 38.2 Å². The summed E-state index contributed by atoms with van der Waals surface area (Å²) in [6, 6.07) is 14.7. The zero-order valence-electron chi connectivity index (χ0n) is 18.1. The van der Waals surface area contributed by atoms with Crippen LogP contribution in [0.4, 0.5) is 4.39 Å². The smallest absolute Gasteiger partial charge is 0.217 e. The lowest BCUT2D eigenvalue weighted by Crippen LogP contribution is -2.46. The molecular formula is C24H25FN6O. The number of piperazine rings is 1. The van der Waals surface area contributed by atoms with Crippen LogP contribution in [0.5, 0.6) is 5.88 Å². The Hall–Kier alpha value is -3.36. The van der Waals surface area contributed by atoms with E-state index in [1.807, 2.05) is 30.5 Å². The molecule has 7 nitrogen and oxygen atoms in total. The minimum absolute atomic E-state index is 0.115. The van der Waals surface area contributed by atoms with Crippen molar-refractivity contribution in [3.63, 3.8) is 0 Å². The highest BCUT2D eigenvalue weighted by Crippen LogP contribution is 2.29. The van der Waals surface area contributed by atoms with Crippen molar-refractivity contribution in [1.29, 1.82) is 0 Å². The Kier molecular flexibility index (Phi) is 5.55. The van der Waals surface area contributed by atoms with Gasteiger partial charge in [0.05, 0.1) is 18.7 Å². The lowest BCUT2D eigenvalue weighted by Gasteiger charge is -2.38. The van der Waals surface area contributed by atoms with Crippen molar-refractivity contribution >= 4 is 5.52 Å². The Bertz CT molecular complexity index is 1240. The average Bonchev–Trinajstić information content (AvgIpc) is 3.24. The molecule has 0 unspecified atom stereocenters. The Morgan fingerprint density at radius 3 is 2.84 bits per heavy atom. The number of likely N-dealkylation sites (N-methyl/N-ethyl adjacent to an activating group) is 1. The summed E-state index contributed by atoms with van der Waals surface area (Å²) in [5.41, 5.74) is 4.70. The Morgan fingerprint density at radius 2 is 2.00 bits per heavy atom. The van der Waals surface area contributed by atoms with E-state index in [4.69, 9.17) is 4.74 Å². The molecule has 0 N–H and O–H groups in total. The third-order valence-corrected chi connectivity index (χ3v) is 6.08. The fourth-order valence-electron chi connectivity index (χ4n) is 4.33. The Labute approximate surface area is 186 Å². The topological polar surface area (TPSA) is 58.8 Å². The first-order chi connectivity index (χ1) is 15.6. The quantitative estimate of drug-likeness (QED) is 0.482. The number of rotatable bonds is 5. The molecule has 5 rings (SSSR count). The first kappa shape index (κ1) is 20.5. The van der Waals surface area contributed by atoms with E-state index in [1.54, 1.807) is 23.9 Å². The predicted molar refractivity (Wildman–Crippen MR) is 120 cm³/mol. The standard InChI is InChI=1S/C24H25FN6O/c1-29-11-12-30(14-19-6-4-10-26-24(19)32-2)16-22(29)23-21-9-8-18(15-31(21)28-27-23)17-5-3-7-20(25)13-17/h3-10,13,15,22H,11-12,14,16H2,1-2H3/t22-/m0/s1. The van der Waals surface area contributed by atoms with Gasteiger partial charge in [0.1, 0.15) is 11.5 Å². The second-order valence-corrected chi connectivity index (χ2v) is 8.14. The summed E-state index contributed by atoms with van der Waals surface area (Å²) >= 11 is 0. The molecule has 0 radical (unpaired) electrons. The lowest BCUT2D eigenvalue weighted by atomic mass is 10.1. The number of hydrogen-bond acceptors (Lipinski definition) is 6. The summed E-state index contributed by atoms with van der Waals surface area (Å²) in [5.74, 6) is 0.415. The van der Waals surface area contributed by atoms with Crippen LogP contribution in [0.25, 0.3) is 16.6 Å². The zero-order valence-corrected chi connectivity index (χ0v) is 18.1. The van der Waals surface area contributed by atoms with Crippen LogP contribution in [0.2, 0.25) is 0 Å². The van der Waals surface area contributed by atoms with Gasteiger partial charge >= 0.3 is 0 Å². The number of ether oxygens (including phenoxy) is 1. The molecule has 8 heteroatoms. The van der Waals surface area contributed by atoms with Crippen LogP contribution in [-0.2, 0) is 6.54 Å². The number of nitrogens with zero attached hydrogens (tertiary/aromatic N) is 6. The van der Waals surface area contributed by atoms with Gasteiger partial charge in [-0.05, 0) is 36.9 Å². The van der Waals surface area contributed by atoms with Gasteiger partial charge < -0.3 is 4.74 Å². The van der Waals surface area contributed by atoms with Crippen LogP contribution in [0.1, 0.15) is 17.3 Å². The highest BCUT2D eigenvalue weighted by molar-refractivity contribution is 5.66. The summed E-state index contributed by atoms with van der Waals surface area (Å²) in [5, 5.41) is 8.90. The summed E-state index contributed by atoms with van der Waals surface area (Å²) in [6.45, 7) is 3.47. The highest BCUT2D eigenvalue weighted by atomic mass is 19.1. The zero-order chi connectivity index (χ0) is 22.1. The molecule has 3 aromatic heterocycles. The molecule has 1 saturated heterocycles. The molecule has 4 heterocycles. The normalized spacial score (nSPS) is 17.7. The number of halogens is 1. The lowest BCUT2D eigenvalue weighted by molar-refractivity contribution is 0.0882. The van der Waals surface area contributed by atoms with Crippen LogP contribution >= 0.6 is 0 Å². The van der Waals surface area contributed by atoms with Gasteiger partial charge in [0.15, 0.2) is 0 Å². The predicted octanol–water partition coefficient (Wildman–Crippen LogP) is 3.43. The van der Waals surface area contributed by atoms with Crippen molar-refractivity contribution in [1.82, 2.24) is 29.6 Å². The Morgan fingerprint density at radius 1 is 1.09 bits per heavy atom. The van der Waals surface area contributed by atoms with Crippen molar-refractivity contribution in [2.75, 3.05) is 33.8 Å². The van der Waals surface area contributed by atoms with E-state index in [1.165, 1.54) is 12.1 Å². The summed E-state index contributed by atoms with van der Waals surface area (Å²) in [6.07, 6.45) is 3.65. The summed E-state index contributed by atoms with van der Waals surface area (Å²) < 4.78 is 20.8. The molecule has 1 aliphatic rings. The minimum Gasteiger partial charge on any atom is -0.481 e. The molecule has 164 valence electrons. The molecule has 0 aliphatic carbocycles. The van der Waals surface area contributed by atoms with Crippen molar-refractivity contribution in [2.45, 2.75) is 12.6 Å². The Balaban J connectivity index is 1.41. The summed E-state index contributed by atoms with van der Waals surface area (Å²) in [7, 11) is 3.78. The SMILES string of the molecule is COc1ncccc1CN1CCN(C)[C@H](c2nnn3cc(-c4cccc(F)c4)ccc23)C1. The second-order valence-electron chi connectivity index (χ2n) is 8.14. The molecule has 1 aliphatic heterocycles. The molecule has 0 amide bonds. The molecule has 4 aromatic rings. The van der Waals surface area contributed by atoms with Gasteiger partial charge in [-0.3, -0.25) is 9.80 Å². The molecule has 0 saturated carbocycles. The molecular weight excluding hydrogens is 407 g/mol. The van der Waals surface area contributed by atoms with E-state index in [0.29, 0.717) is 5.88 Å². The van der Waals surface area contributed by atoms with Gasteiger partial charge in [-0.15, -0.1) is 5.10 Å². The number of pyridine rings is 2. The van der Waals surface area contributed by atoms with Crippen LogP contribution < -0.4 is 4.74 Å². The third-order valence-electron chi connectivity index (χ3n) is 6.08. The van der Waals surface area contributed by atoms with Crippen LogP contribution in [0.3, 0.4) is 0 Å². The number of fused-ring (bicyclic) bond motifs is 1. The average molecular weight is 433 g/mol. The largest absolute Gasteiger partial charge is 0.481 e. The molecule has 1 fully saturated rings. The summed E-state index contributed by atoms with van der Waals surface area (Å²) in [4.78, 5) is 9.04. The molecule has 0 bridgehead atoms. The first-order valence-electron chi connectivity index (χ1n) is 10.6. The van der Waals surface area contributed by atoms with Gasteiger partial charge in [0, 0.05) is 49.7 Å². The molecule has 1 aromatic carbocycles. The fraction of sp³-hybridized carbons (Fsp3) is 0.292. The van der Waals surface area contributed by atoms with Crippen LogP contribution in [-0.4, -0.2) is 63.4 Å². The number of aromatic nitrogens is 4. The van der Waals surface area contributed by atoms with Crippen molar-refractivity contribution in [3.05, 3.63) is 78.0 Å². The van der Waals surface area contributed by atoms with E-state index in [9.17, 15) is 4.39 Å². The van der Waals surface area contributed by atoms with Gasteiger partial charge in [0.2, 0.25) is 5.88 Å². The van der Waals surface area contributed by atoms with Gasteiger partial charge in [-0.2, -0.15) is 0 Å². The van der Waals surface area contributed by atoms with E-state index >= 15 is 0 Å². The number of methoxy groups -OCH3 is 1. The molecule has 32 heavy (non-hydrogen) atoms. The van der Waals surface area contributed by atoms with Crippen LogP contribution in [0, 0.1) is 5.82 Å². The maximum Gasteiger partial charge on any atom is 0.217 e. The maximum atomic E-state index is 13.6. The minimum atomic E-state index is -0.254. The van der Waals surface area contributed by atoms with Crippen molar-refractivity contribution in [3.8, 4) is 17.0 Å². The number of benzene rings is 1. The van der Waals surface area contributed by atoms with Gasteiger partial charge in [-0.1, -0.05) is 29.5 Å². The molecule has 1 atom stereocenters. The highest BCUT2D eigenvalue weighted by Gasteiger charge is 2.29. The number of hydrogen-bond donors (Lipinski definition) is 0. The monoisotopic (exact) mass is 432 g/mol. The second kappa shape index (κ2) is 8.64. The van der Waals surface area contributed by atoms with E-state index < -0.39 is 0 Å². The van der Waals surface area contributed by atoms with Crippen molar-refractivity contribution in [2.24, 2.45) is 0 Å².